The average molecular weight is 285 g/mol. The highest BCUT2D eigenvalue weighted by atomic mass is 16.2. The molecule has 0 spiro atoms. The molecule has 0 atom stereocenters. The molecule has 1 N–H and O–H groups in total. The summed E-state index contributed by atoms with van der Waals surface area (Å²) in [6, 6.07) is 8.44. The van der Waals surface area contributed by atoms with Gasteiger partial charge in [-0.3, -0.25) is 9.59 Å². The van der Waals surface area contributed by atoms with Gasteiger partial charge in [0.15, 0.2) is 0 Å². The third kappa shape index (κ3) is 4.32. The highest BCUT2D eigenvalue weighted by Crippen LogP contribution is 2.09. The van der Waals surface area contributed by atoms with E-state index in [9.17, 15) is 9.59 Å². The summed E-state index contributed by atoms with van der Waals surface area (Å²) in [7, 11) is 0. The maximum absolute atomic E-state index is 11.9. The first-order chi connectivity index (χ1) is 10.2. The van der Waals surface area contributed by atoms with Gasteiger partial charge in [0.25, 0.3) is 5.91 Å². The van der Waals surface area contributed by atoms with Crippen molar-refractivity contribution in [3.8, 4) is 6.07 Å². The Morgan fingerprint density at radius 3 is 2.43 bits per heavy atom. The standard InChI is InChI=1S/C16H19N3O2/c17-12-13-4-6-14(7-5-13)16(21)18-9-8-15(20)19-10-2-1-3-11-19/h4-7H,1-3,8-11H2,(H,18,21). The van der Waals surface area contributed by atoms with Crippen LogP contribution in [0, 0.1) is 11.3 Å². The summed E-state index contributed by atoms with van der Waals surface area (Å²) in [5.41, 5.74) is 1.02. The molecule has 1 fully saturated rings. The molecule has 1 aromatic carbocycles. The van der Waals surface area contributed by atoms with E-state index in [1.54, 1.807) is 24.3 Å². The van der Waals surface area contributed by atoms with Crippen molar-refractivity contribution in [3.63, 3.8) is 0 Å². The van der Waals surface area contributed by atoms with Crippen LogP contribution in [-0.2, 0) is 4.79 Å². The minimum atomic E-state index is -0.217. The SMILES string of the molecule is N#Cc1ccc(C(=O)NCCC(=O)N2CCCCC2)cc1. The number of piperidine rings is 1. The lowest BCUT2D eigenvalue weighted by atomic mass is 10.1. The molecule has 1 aliphatic rings. The molecule has 1 heterocycles. The van der Waals surface area contributed by atoms with Crippen molar-refractivity contribution in [1.82, 2.24) is 10.2 Å². The Labute approximate surface area is 124 Å². The molecule has 1 aliphatic heterocycles. The first kappa shape index (κ1) is 15.0. The lowest BCUT2D eigenvalue weighted by molar-refractivity contribution is -0.131. The largest absolute Gasteiger partial charge is 0.352 e. The average Bonchev–Trinajstić information content (AvgIpc) is 2.55. The number of carbonyl (C=O) groups excluding carboxylic acids is 2. The van der Waals surface area contributed by atoms with Crippen LogP contribution in [0.1, 0.15) is 41.6 Å². The van der Waals surface area contributed by atoms with E-state index in [0.29, 0.717) is 24.1 Å². The minimum Gasteiger partial charge on any atom is -0.352 e. The fraction of sp³-hybridized carbons (Fsp3) is 0.438. The van der Waals surface area contributed by atoms with Gasteiger partial charge in [0.05, 0.1) is 11.6 Å². The lowest BCUT2D eigenvalue weighted by Gasteiger charge is -2.26. The monoisotopic (exact) mass is 285 g/mol. The Bertz CT molecular complexity index is 540. The zero-order valence-corrected chi connectivity index (χ0v) is 12.0. The van der Waals surface area contributed by atoms with Gasteiger partial charge in [-0.1, -0.05) is 0 Å². The van der Waals surface area contributed by atoms with Crippen molar-refractivity contribution in [2.45, 2.75) is 25.7 Å². The number of hydrogen-bond donors (Lipinski definition) is 1. The van der Waals surface area contributed by atoms with Crippen LogP contribution in [-0.4, -0.2) is 36.3 Å². The van der Waals surface area contributed by atoms with Gasteiger partial charge in [-0.2, -0.15) is 5.26 Å². The van der Waals surface area contributed by atoms with E-state index >= 15 is 0 Å². The number of amides is 2. The molecule has 5 heteroatoms. The van der Waals surface area contributed by atoms with Crippen LogP contribution in [0.4, 0.5) is 0 Å². The van der Waals surface area contributed by atoms with Crippen molar-refractivity contribution in [3.05, 3.63) is 35.4 Å². The predicted molar refractivity (Wildman–Crippen MR) is 78.5 cm³/mol. The molecule has 2 amide bonds. The maximum atomic E-state index is 11.9. The van der Waals surface area contributed by atoms with Crippen molar-refractivity contribution in [2.24, 2.45) is 0 Å². The molecule has 1 aromatic rings. The predicted octanol–water partition coefficient (Wildman–Crippen LogP) is 1.69. The van der Waals surface area contributed by atoms with Gasteiger partial charge in [0, 0.05) is 31.6 Å². The normalized spacial score (nSPS) is 14.3. The quantitative estimate of drug-likeness (QED) is 0.915. The Kier molecular flexibility index (Phi) is 5.33. The van der Waals surface area contributed by atoms with E-state index in [2.05, 4.69) is 5.32 Å². The minimum absolute atomic E-state index is 0.106. The Hall–Kier alpha value is -2.35. The smallest absolute Gasteiger partial charge is 0.251 e. The van der Waals surface area contributed by atoms with E-state index in [-0.39, 0.29) is 11.8 Å². The number of benzene rings is 1. The topological polar surface area (TPSA) is 73.2 Å². The van der Waals surface area contributed by atoms with Crippen molar-refractivity contribution in [1.29, 1.82) is 5.26 Å². The highest BCUT2D eigenvalue weighted by molar-refractivity contribution is 5.94. The summed E-state index contributed by atoms with van der Waals surface area (Å²) in [4.78, 5) is 25.7. The molecule has 0 aromatic heterocycles. The number of rotatable bonds is 4. The van der Waals surface area contributed by atoms with Gasteiger partial charge < -0.3 is 10.2 Å². The van der Waals surface area contributed by atoms with Crippen LogP contribution in [0.3, 0.4) is 0 Å². The van der Waals surface area contributed by atoms with Gasteiger partial charge in [-0.25, -0.2) is 0 Å². The second kappa shape index (κ2) is 7.44. The van der Waals surface area contributed by atoms with E-state index in [4.69, 9.17) is 5.26 Å². The maximum Gasteiger partial charge on any atom is 0.251 e. The molecular formula is C16H19N3O2. The first-order valence-electron chi connectivity index (χ1n) is 7.27. The van der Waals surface area contributed by atoms with Crippen LogP contribution in [0.2, 0.25) is 0 Å². The molecule has 2 rings (SSSR count). The lowest BCUT2D eigenvalue weighted by Crippen LogP contribution is -2.37. The second-order valence-electron chi connectivity index (χ2n) is 5.14. The molecule has 21 heavy (non-hydrogen) atoms. The third-order valence-electron chi connectivity index (χ3n) is 3.61. The summed E-state index contributed by atoms with van der Waals surface area (Å²) < 4.78 is 0. The third-order valence-corrected chi connectivity index (χ3v) is 3.61. The van der Waals surface area contributed by atoms with Crippen LogP contribution >= 0.6 is 0 Å². The molecule has 1 saturated heterocycles. The van der Waals surface area contributed by atoms with Gasteiger partial charge in [0.2, 0.25) is 5.91 Å². The molecule has 0 unspecified atom stereocenters. The van der Waals surface area contributed by atoms with Crippen LogP contribution in [0.5, 0.6) is 0 Å². The summed E-state index contributed by atoms with van der Waals surface area (Å²) in [5.74, 6) is -0.110. The van der Waals surface area contributed by atoms with Crippen molar-refractivity contribution >= 4 is 11.8 Å². The van der Waals surface area contributed by atoms with Gasteiger partial charge >= 0.3 is 0 Å². The number of likely N-dealkylation sites (tertiary alicyclic amines) is 1. The number of nitrogens with zero attached hydrogens (tertiary/aromatic N) is 2. The molecule has 0 radical (unpaired) electrons. The van der Waals surface area contributed by atoms with Gasteiger partial charge in [0.1, 0.15) is 0 Å². The molecule has 0 saturated carbocycles. The van der Waals surface area contributed by atoms with E-state index in [0.717, 1.165) is 25.9 Å². The van der Waals surface area contributed by atoms with Gasteiger partial charge in [-0.05, 0) is 43.5 Å². The van der Waals surface area contributed by atoms with Crippen molar-refractivity contribution < 1.29 is 9.59 Å². The summed E-state index contributed by atoms with van der Waals surface area (Å²) >= 11 is 0. The second-order valence-corrected chi connectivity index (χ2v) is 5.14. The van der Waals surface area contributed by atoms with E-state index in [1.807, 2.05) is 11.0 Å². The van der Waals surface area contributed by atoms with Crippen LogP contribution in [0.15, 0.2) is 24.3 Å². The fourth-order valence-corrected chi connectivity index (χ4v) is 2.38. The zero-order chi connectivity index (χ0) is 15.1. The summed E-state index contributed by atoms with van der Waals surface area (Å²) in [6.07, 6.45) is 3.67. The molecule has 110 valence electrons. The Morgan fingerprint density at radius 2 is 1.81 bits per heavy atom. The number of hydrogen-bond acceptors (Lipinski definition) is 3. The number of nitrogens with one attached hydrogen (secondary N) is 1. The molecule has 5 nitrogen and oxygen atoms in total. The molecular weight excluding hydrogens is 266 g/mol. The first-order valence-corrected chi connectivity index (χ1v) is 7.27. The highest BCUT2D eigenvalue weighted by Gasteiger charge is 2.16. The van der Waals surface area contributed by atoms with E-state index < -0.39 is 0 Å². The zero-order valence-electron chi connectivity index (χ0n) is 12.0. The van der Waals surface area contributed by atoms with Gasteiger partial charge in [-0.15, -0.1) is 0 Å². The fourth-order valence-electron chi connectivity index (χ4n) is 2.38. The number of carbonyl (C=O) groups is 2. The summed E-state index contributed by atoms with van der Waals surface area (Å²) in [6.45, 7) is 2.01. The summed E-state index contributed by atoms with van der Waals surface area (Å²) in [5, 5.41) is 11.4. The van der Waals surface area contributed by atoms with Crippen LogP contribution in [0.25, 0.3) is 0 Å². The van der Waals surface area contributed by atoms with E-state index in [1.165, 1.54) is 6.42 Å². The molecule has 0 aliphatic carbocycles. The van der Waals surface area contributed by atoms with Crippen molar-refractivity contribution in [2.75, 3.05) is 19.6 Å². The van der Waals surface area contributed by atoms with Crippen LogP contribution < -0.4 is 5.32 Å². The number of nitriles is 1. The Morgan fingerprint density at radius 1 is 1.14 bits per heavy atom. The molecule has 0 bridgehead atoms. The Balaban J connectivity index is 1.75.